The summed E-state index contributed by atoms with van der Waals surface area (Å²) in [6.07, 6.45) is 0. The largest absolute Gasteiger partial charge is 0.381 e. The first-order valence-corrected chi connectivity index (χ1v) is 6.30. The van der Waals surface area contributed by atoms with E-state index in [1.807, 2.05) is 20.8 Å². The van der Waals surface area contributed by atoms with Gasteiger partial charge in [0.1, 0.15) is 5.82 Å². The third kappa shape index (κ3) is 2.87. The molecule has 0 spiro atoms. The maximum absolute atomic E-state index is 13.0. The molecule has 0 aliphatic carbocycles. The fourth-order valence-corrected chi connectivity index (χ4v) is 2.25. The van der Waals surface area contributed by atoms with Crippen molar-refractivity contribution in [2.24, 2.45) is 0 Å². The molecule has 1 heterocycles. The van der Waals surface area contributed by atoms with Crippen LogP contribution >= 0.6 is 11.6 Å². The van der Waals surface area contributed by atoms with Gasteiger partial charge in [-0.1, -0.05) is 43.7 Å². The van der Waals surface area contributed by atoms with E-state index in [0.717, 1.165) is 11.3 Å². The van der Waals surface area contributed by atoms with Crippen molar-refractivity contribution in [2.45, 2.75) is 32.7 Å². The van der Waals surface area contributed by atoms with Crippen LogP contribution in [0.15, 0.2) is 18.2 Å². The molecule has 6 heteroatoms. The third-order valence-electron chi connectivity index (χ3n) is 2.81. The molecular formula is C13H16ClFN4. The molecule has 0 saturated heterocycles. The molecule has 19 heavy (non-hydrogen) atoms. The first-order valence-electron chi connectivity index (χ1n) is 5.92. The molecule has 2 N–H and O–H groups in total. The van der Waals surface area contributed by atoms with Crippen molar-refractivity contribution >= 4 is 17.4 Å². The van der Waals surface area contributed by atoms with Crippen LogP contribution in [0.4, 0.5) is 10.2 Å². The number of nitrogens with zero attached hydrogens (tertiary/aromatic N) is 3. The number of halogens is 2. The number of benzene rings is 1. The number of nitrogens with two attached hydrogens (primary N) is 1. The minimum absolute atomic E-state index is 0.180. The van der Waals surface area contributed by atoms with Gasteiger partial charge in [0, 0.05) is 10.4 Å². The van der Waals surface area contributed by atoms with Gasteiger partial charge < -0.3 is 5.73 Å². The topological polar surface area (TPSA) is 56.7 Å². The van der Waals surface area contributed by atoms with Crippen LogP contribution in [0.3, 0.4) is 0 Å². The number of aromatic nitrogens is 3. The zero-order chi connectivity index (χ0) is 14.2. The molecule has 2 rings (SSSR count). The highest BCUT2D eigenvalue weighted by molar-refractivity contribution is 6.31. The predicted octanol–water partition coefficient (Wildman–Crippen LogP) is 3.00. The Hall–Kier alpha value is -1.62. The fraction of sp³-hybridized carbons (Fsp3) is 0.385. The van der Waals surface area contributed by atoms with Gasteiger partial charge in [-0.25, -0.2) is 9.07 Å². The monoisotopic (exact) mass is 282 g/mol. The molecule has 4 nitrogen and oxygen atoms in total. The van der Waals surface area contributed by atoms with Crippen LogP contribution in [0.1, 0.15) is 32.0 Å². The third-order valence-corrected chi connectivity index (χ3v) is 3.16. The Labute approximate surface area is 116 Å². The molecule has 0 atom stereocenters. The zero-order valence-electron chi connectivity index (χ0n) is 11.1. The van der Waals surface area contributed by atoms with Crippen LogP contribution in [0, 0.1) is 5.82 Å². The van der Waals surface area contributed by atoms with E-state index in [1.54, 1.807) is 10.7 Å². The first-order chi connectivity index (χ1) is 8.79. The highest BCUT2D eigenvalue weighted by atomic mass is 35.5. The van der Waals surface area contributed by atoms with Crippen molar-refractivity contribution in [2.75, 3.05) is 5.73 Å². The fourth-order valence-electron chi connectivity index (χ4n) is 2.02. The Morgan fingerprint density at radius 2 is 2.05 bits per heavy atom. The number of anilines is 1. The van der Waals surface area contributed by atoms with Crippen LogP contribution < -0.4 is 5.73 Å². The van der Waals surface area contributed by atoms with Crippen molar-refractivity contribution < 1.29 is 4.39 Å². The van der Waals surface area contributed by atoms with Crippen LogP contribution in [-0.2, 0) is 12.0 Å². The van der Waals surface area contributed by atoms with Gasteiger partial charge in [0.2, 0.25) is 0 Å². The van der Waals surface area contributed by atoms with Crippen molar-refractivity contribution in [3.05, 3.63) is 40.3 Å². The smallest absolute Gasteiger partial charge is 0.169 e. The van der Waals surface area contributed by atoms with Crippen molar-refractivity contribution in [1.29, 1.82) is 0 Å². The Morgan fingerprint density at radius 1 is 1.37 bits per heavy atom. The van der Waals surface area contributed by atoms with Crippen LogP contribution in [0.2, 0.25) is 5.02 Å². The molecular weight excluding hydrogens is 267 g/mol. The van der Waals surface area contributed by atoms with Gasteiger partial charge in [0.15, 0.2) is 5.82 Å². The standard InChI is InChI=1S/C13H16ClFN4/c1-13(2,3)11-12(16)17-18-19(11)7-8-4-5-9(15)6-10(8)14/h4-6H,7,16H2,1-3H3. The van der Waals surface area contributed by atoms with Crippen LogP contribution in [0.5, 0.6) is 0 Å². The molecule has 0 bridgehead atoms. The maximum Gasteiger partial charge on any atom is 0.169 e. The zero-order valence-corrected chi connectivity index (χ0v) is 11.9. The summed E-state index contributed by atoms with van der Waals surface area (Å²) in [6, 6.07) is 4.30. The summed E-state index contributed by atoms with van der Waals surface area (Å²) in [5.41, 5.74) is 7.29. The molecule has 0 radical (unpaired) electrons. The summed E-state index contributed by atoms with van der Waals surface area (Å²) in [5, 5.41) is 8.30. The lowest BCUT2D eigenvalue weighted by Crippen LogP contribution is -2.20. The lowest BCUT2D eigenvalue weighted by Gasteiger charge is -2.20. The van der Waals surface area contributed by atoms with Gasteiger partial charge in [-0.2, -0.15) is 0 Å². The lowest BCUT2D eigenvalue weighted by atomic mass is 9.92. The summed E-state index contributed by atoms with van der Waals surface area (Å²) >= 11 is 6.02. The summed E-state index contributed by atoms with van der Waals surface area (Å²) in [7, 11) is 0. The van der Waals surface area contributed by atoms with Gasteiger partial charge in [0.25, 0.3) is 0 Å². The van der Waals surface area contributed by atoms with Gasteiger partial charge in [-0.3, -0.25) is 0 Å². The summed E-state index contributed by atoms with van der Waals surface area (Å²) in [6.45, 7) is 6.51. The average Bonchev–Trinajstić information content (AvgIpc) is 2.63. The molecule has 0 saturated carbocycles. The normalized spacial score (nSPS) is 11.8. The van der Waals surface area contributed by atoms with Crippen molar-refractivity contribution in [3.63, 3.8) is 0 Å². The van der Waals surface area contributed by atoms with Crippen LogP contribution in [0.25, 0.3) is 0 Å². The highest BCUT2D eigenvalue weighted by Gasteiger charge is 2.24. The van der Waals surface area contributed by atoms with Gasteiger partial charge >= 0.3 is 0 Å². The maximum atomic E-state index is 13.0. The van der Waals surface area contributed by atoms with Crippen molar-refractivity contribution in [3.8, 4) is 0 Å². The SMILES string of the molecule is CC(C)(C)c1c(N)nnn1Cc1ccc(F)cc1Cl. The first kappa shape index (κ1) is 13.8. The van der Waals surface area contributed by atoms with Gasteiger partial charge in [0.05, 0.1) is 12.2 Å². The summed E-state index contributed by atoms with van der Waals surface area (Å²) < 4.78 is 14.7. The van der Waals surface area contributed by atoms with E-state index in [4.69, 9.17) is 17.3 Å². The molecule has 1 aromatic heterocycles. The highest BCUT2D eigenvalue weighted by Crippen LogP contribution is 2.27. The predicted molar refractivity (Wildman–Crippen MR) is 73.6 cm³/mol. The summed E-state index contributed by atoms with van der Waals surface area (Å²) in [4.78, 5) is 0. The minimum atomic E-state index is -0.358. The number of hydrogen-bond donors (Lipinski definition) is 1. The Kier molecular flexibility index (Phi) is 3.49. The molecule has 0 amide bonds. The van der Waals surface area contributed by atoms with E-state index < -0.39 is 0 Å². The number of hydrogen-bond acceptors (Lipinski definition) is 3. The van der Waals surface area contributed by atoms with E-state index in [0.29, 0.717) is 17.4 Å². The molecule has 0 aliphatic rings. The van der Waals surface area contributed by atoms with Gasteiger partial charge in [-0.15, -0.1) is 5.10 Å². The van der Waals surface area contributed by atoms with E-state index in [9.17, 15) is 4.39 Å². The molecule has 1 aromatic carbocycles. The number of nitrogen functional groups attached to an aromatic ring is 1. The second-order valence-electron chi connectivity index (χ2n) is 5.47. The lowest BCUT2D eigenvalue weighted by molar-refractivity contribution is 0.502. The Morgan fingerprint density at radius 3 is 2.63 bits per heavy atom. The molecule has 2 aromatic rings. The Bertz CT molecular complexity index is 601. The average molecular weight is 283 g/mol. The molecule has 0 aliphatic heterocycles. The van der Waals surface area contributed by atoms with E-state index in [-0.39, 0.29) is 11.2 Å². The molecule has 0 fully saturated rings. The van der Waals surface area contributed by atoms with E-state index in [1.165, 1.54) is 12.1 Å². The summed E-state index contributed by atoms with van der Waals surface area (Å²) in [5.74, 6) is 0.0497. The van der Waals surface area contributed by atoms with E-state index >= 15 is 0 Å². The number of rotatable bonds is 2. The second kappa shape index (κ2) is 4.81. The Balaban J connectivity index is 2.39. The van der Waals surface area contributed by atoms with Gasteiger partial charge in [-0.05, 0) is 17.7 Å². The minimum Gasteiger partial charge on any atom is -0.381 e. The quantitative estimate of drug-likeness (QED) is 0.921. The van der Waals surface area contributed by atoms with Crippen LogP contribution in [-0.4, -0.2) is 15.0 Å². The van der Waals surface area contributed by atoms with Crippen molar-refractivity contribution in [1.82, 2.24) is 15.0 Å². The molecule has 102 valence electrons. The molecule has 0 unspecified atom stereocenters. The second-order valence-corrected chi connectivity index (χ2v) is 5.87. The van der Waals surface area contributed by atoms with E-state index in [2.05, 4.69) is 10.3 Å².